The largest absolute Gasteiger partial charge is 0.492 e. The number of rotatable bonds is 5. The standard InChI is InChI=1S/C19H22ClNO2/c1-5-23-18-9-8-16(11-17(18)20)19(22)21-14(4)15-7-6-12(2)13(3)10-15/h6-11,14H,5H2,1-4H3,(H,21,22)/t14-/m1/s1. The van der Waals surface area contributed by atoms with Crippen molar-refractivity contribution in [2.45, 2.75) is 33.7 Å². The summed E-state index contributed by atoms with van der Waals surface area (Å²) in [4.78, 5) is 12.4. The van der Waals surface area contributed by atoms with E-state index in [1.165, 1.54) is 11.1 Å². The Morgan fingerprint density at radius 2 is 1.91 bits per heavy atom. The predicted molar refractivity (Wildman–Crippen MR) is 94.4 cm³/mol. The van der Waals surface area contributed by atoms with Gasteiger partial charge in [-0.1, -0.05) is 29.8 Å². The molecule has 0 aliphatic carbocycles. The molecule has 1 amide bonds. The van der Waals surface area contributed by atoms with E-state index in [4.69, 9.17) is 16.3 Å². The van der Waals surface area contributed by atoms with Gasteiger partial charge in [-0.25, -0.2) is 0 Å². The van der Waals surface area contributed by atoms with Crippen LogP contribution < -0.4 is 10.1 Å². The fourth-order valence-electron chi connectivity index (χ4n) is 2.31. The Kier molecular flexibility index (Phi) is 5.67. The molecule has 0 aliphatic rings. The summed E-state index contributed by atoms with van der Waals surface area (Å²) in [5.41, 5.74) is 4.06. The van der Waals surface area contributed by atoms with Crippen molar-refractivity contribution in [3.8, 4) is 5.75 Å². The molecule has 1 atom stereocenters. The van der Waals surface area contributed by atoms with Crippen LogP contribution in [0, 0.1) is 13.8 Å². The summed E-state index contributed by atoms with van der Waals surface area (Å²) < 4.78 is 5.38. The minimum Gasteiger partial charge on any atom is -0.492 e. The lowest BCUT2D eigenvalue weighted by atomic mass is 10.0. The molecule has 0 unspecified atom stereocenters. The zero-order chi connectivity index (χ0) is 17.0. The van der Waals surface area contributed by atoms with Crippen molar-refractivity contribution >= 4 is 17.5 Å². The maximum absolute atomic E-state index is 12.4. The Labute approximate surface area is 142 Å². The van der Waals surface area contributed by atoms with Crippen molar-refractivity contribution in [2.75, 3.05) is 6.61 Å². The first-order chi connectivity index (χ1) is 10.9. The van der Waals surface area contributed by atoms with Crippen LogP contribution in [0.25, 0.3) is 0 Å². The molecule has 1 N–H and O–H groups in total. The average Bonchev–Trinajstić information content (AvgIpc) is 2.52. The second-order valence-electron chi connectivity index (χ2n) is 5.62. The molecule has 0 saturated heterocycles. The van der Waals surface area contributed by atoms with Gasteiger partial charge in [0.2, 0.25) is 0 Å². The molecule has 0 saturated carbocycles. The van der Waals surface area contributed by atoms with Gasteiger partial charge in [-0.2, -0.15) is 0 Å². The van der Waals surface area contributed by atoms with Gasteiger partial charge in [0.15, 0.2) is 0 Å². The lowest BCUT2D eigenvalue weighted by molar-refractivity contribution is 0.0940. The van der Waals surface area contributed by atoms with E-state index in [9.17, 15) is 4.79 Å². The quantitative estimate of drug-likeness (QED) is 0.850. The molecule has 2 aromatic rings. The second kappa shape index (κ2) is 7.51. The lowest BCUT2D eigenvalue weighted by Gasteiger charge is -2.16. The molecule has 2 aromatic carbocycles. The van der Waals surface area contributed by atoms with E-state index in [0.717, 1.165) is 5.56 Å². The third-order valence-corrected chi connectivity index (χ3v) is 4.17. The monoisotopic (exact) mass is 331 g/mol. The molecule has 0 aliphatic heterocycles. The van der Waals surface area contributed by atoms with Gasteiger partial charge in [0, 0.05) is 5.56 Å². The number of amides is 1. The normalized spacial score (nSPS) is 11.9. The van der Waals surface area contributed by atoms with E-state index in [1.54, 1.807) is 18.2 Å². The summed E-state index contributed by atoms with van der Waals surface area (Å²) in [5.74, 6) is 0.439. The van der Waals surface area contributed by atoms with E-state index in [1.807, 2.05) is 19.9 Å². The molecule has 0 heterocycles. The van der Waals surface area contributed by atoms with Crippen LogP contribution in [0.4, 0.5) is 0 Å². The summed E-state index contributed by atoms with van der Waals surface area (Å²) in [7, 11) is 0. The highest BCUT2D eigenvalue weighted by molar-refractivity contribution is 6.32. The third-order valence-electron chi connectivity index (χ3n) is 3.87. The van der Waals surface area contributed by atoms with Crippen LogP contribution in [0.15, 0.2) is 36.4 Å². The molecule has 0 bridgehead atoms. The van der Waals surface area contributed by atoms with Crippen LogP contribution in [0.1, 0.15) is 46.9 Å². The van der Waals surface area contributed by atoms with Gasteiger partial charge in [0.05, 0.1) is 17.7 Å². The number of ether oxygens (including phenoxy) is 1. The molecule has 23 heavy (non-hydrogen) atoms. The molecule has 3 nitrogen and oxygen atoms in total. The van der Waals surface area contributed by atoms with E-state index >= 15 is 0 Å². The van der Waals surface area contributed by atoms with Crippen LogP contribution in [0.5, 0.6) is 5.75 Å². The topological polar surface area (TPSA) is 38.3 Å². The van der Waals surface area contributed by atoms with Gasteiger partial charge < -0.3 is 10.1 Å². The van der Waals surface area contributed by atoms with Crippen LogP contribution >= 0.6 is 11.6 Å². The summed E-state index contributed by atoms with van der Waals surface area (Å²) in [6.45, 7) is 8.54. The second-order valence-corrected chi connectivity index (χ2v) is 6.02. The van der Waals surface area contributed by atoms with Crippen molar-refractivity contribution in [3.05, 3.63) is 63.7 Å². The van der Waals surface area contributed by atoms with Gasteiger partial charge in [0.25, 0.3) is 5.91 Å². The van der Waals surface area contributed by atoms with Crippen LogP contribution in [0.3, 0.4) is 0 Å². The van der Waals surface area contributed by atoms with Crippen molar-refractivity contribution in [2.24, 2.45) is 0 Å². The Morgan fingerprint density at radius 1 is 1.17 bits per heavy atom. The Morgan fingerprint density at radius 3 is 2.52 bits per heavy atom. The maximum atomic E-state index is 12.4. The van der Waals surface area contributed by atoms with Gasteiger partial charge in [-0.05, 0) is 62.6 Å². The van der Waals surface area contributed by atoms with E-state index in [-0.39, 0.29) is 11.9 Å². The van der Waals surface area contributed by atoms with Crippen molar-refractivity contribution in [3.63, 3.8) is 0 Å². The first-order valence-corrected chi connectivity index (χ1v) is 8.10. The molecule has 0 fully saturated rings. The van der Waals surface area contributed by atoms with E-state index < -0.39 is 0 Å². The van der Waals surface area contributed by atoms with Gasteiger partial charge in [0.1, 0.15) is 5.75 Å². The number of nitrogens with one attached hydrogen (secondary N) is 1. The van der Waals surface area contributed by atoms with Crippen molar-refractivity contribution in [1.82, 2.24) is 5.32 Å². The van der Waals surface area contributed by atoms with Crippen LogP contribution in [-0.4, -0.2) is 12.5 Å². The average molecular weight is 332 g/mol. The number of halogens is 1. The van der Waals surface area contributed by atoms with Gasteiger partial charge >= 0.3 is 0 Å². The number of benzene rings is 2. The molecule has 4 heteroatoms. The molecular formula is C19H22ClNO2. The van der Waals surface area contributed by atoms with Crippen LogP contribution in [-0.2, 0) is 0 Å². The molecule has 2 rings (SSSR count). The fourth-order valence-corrected chi connectivity index (χ4v) is 2.55. The summed E-state index contributed by atoms with van der Waals surface area (Å²) in [6, 6.07) is 11.2. The smallest absolute Gasteiger partial charge is 0.251 e. The van der Waals surface area contributed by atoms with Crippen LogP contribution in [0.2, 0.25) is 5.02 Å². The van der Waals surface area contributed by atoms with Crippen molar-refractivity contribution in [1.29, 1.82) is 0 Å². The number of carbonyl (C=O) groups is 1. The SMILES string of the molecule is CCOc1ccc(C(=O)N[C@H](C)c2ccc(C)c(C)c2)cc1Cl. The highest BCUT2D eigenvalue weighted by Gasteiger charge is 2.13. The minimum absolute atomic E-state index is 0.0767. The zero-order valence-electron chi connectivity index (χ0n) is 13.9. The number of hydrogen-bond acceptors (Lipinski definition) is 2. The maximum Gasteiger partial charge on any atom is 0.251 e. The highest BCUT2D eigenvalue weighted by atomic mass is 35.5. The Bertz CT molecular complexity index is 713. The minimum atomic E-state index is -0.152. The van der Waals surface area contributed by atoms with Gasteiger partial charge in [-0.3, -0.25) is 4.79 Å². The fraction of sp³-hybridized carbons (Fsp3) is 0.316. The Balaban J connectivity index is 2.11. The predicted octanol–water partition coefficient (Wildman–Crippen LogP) is 4.85. The summed E-state index contributed by atoms with van der Waals surface area (Å²) >= 11 is 6.14. The molecular weight excluding hydrogens is 310 g/mol. The Hall–Kier alpha value is -2.00. The first-order valence-electron chi connectivity index (χ1n) is 7.72. The van der Waals surface area contributed by atoms with Gasteiger partial charge in [-0.15, -0.1) is 0 Å². The molecule has 0 radical (unpaired) electrons. The molecule has 122 valence electrons. The third kappa shape index (κ3) is 4.26. The lowest BCUT2D eigenvalue weighted by Crippen LogP contribution is -2.26. The first kappa shape index (κ1) is 17.4. The molecule has 0 spiro atoms. The number of carbonyl (C=O) groups excluding carboxylic acids is 1. The summed E-state index contributed by atoms with van der Waals surface area (Å²) in [5, 5.41) is 3.44. The molecule has 0 aromatic heterocycles. The van der Waals surface area contributed by atoms with E-state index in [0.29, 0.717) is 22.9 Å². The van der Waals surface area contributed by atoms with Crippen molar-refractivity contribution < 1.29 is 9.53 Å². The highest BCUT2D eigenvalue weighted by Crippen LogP contribution is 2.26. The number of hydrogen-bond donors (Lipinski definition) is 1. The summed E-state index contributed by atoms with van der Waals surface area (Å²) in [6.07, 6.45) is 0. The number of aryl methyl sites for hydroxylation is 2. The van der Waals surface area contributed by atoms with E-state index in [2.05, 4.69) is 31.3 Å². The zero-order valence-corrected chi connectivity index (χ0v) is 14.7.